The number of aryl methyl sites for hydroxylation is 2. The minimum absolute atomic E-state index is 0.269. The molecule has 0 saturated carbocycles. The van der Waals surface area contributed by atoms with Crippen molar-refractivity contribution in [1.82, 2.24) is 10.6 Å². The molecule has 0 fully saturated rings. The Morgan fingerprint density at radius 3 is 2.68 bits per heavy atom. The summed E-state index contributed by atoms with van der Waals surface area (Å²) in [7, 11) is 0. The minimum Gasteiger partial charge on any atom is -0.466 e. The van der Waals surface area contributed by atoms with Crippen LogP contribution < -0.4 is 10.6 Å². The van der Waals surface area contributed by atoms with Gasteiger partial charge < -0.3 is 15.1 Å². The van der Waals surface area contributed by atoms with Gasteiger partial charge in [-0.15, -0.1) is 0 Å². The average molecular weight is 369 g/mol. The van der Waals surface area contributed by atoms with Crippen LogP contribution in [0.25, 0.3) is 0 Å². The topological polar surface area (TPSA) is 54.3 Å². The second-order valence-corrected chi connectivity index (χ2v) is 5.95. The van der Waals surface area contributed by atoms with Crippen LogP contribution in [0.1, 0.15) is 22.6 Å². The third-order valence-corrected chi connectivity index (χ3v) is 3.76. The monoisotopic (exact) mass is 368 g/mol. The van der Waals surface area contributed by atoms with E-state index in [0.29, 0.717) is 25.1 Å². The Kier molecular flexibility index (Phi) is 5.60. The van der Waals surface area contributed by atoms with Crippen LogP contribution in [-0.4, -0.2) is 12.6 Å². The van der Waals surface area contributed by atoms with Crippen LogP contribution in [0.4, 0.5) is 9.18 Å². The first-order valence-electron chi connectivity index (χ1n) is 6.97. The molecule has 2 amide bonds. The smallest absolute Gasteiger partial charge is 0.315 e. The van der Waals surface area contributed by atoms with Gasteiger partial charge in [0.2, 0.25) is 0 Å². The summed E-state index contributed by atoms with van der Waals surface area (Å²) in [5.41, 5.74) is 1.52. The zero-order valence-corrected chi connectivity index (χ0v) is 14.1. The third kappa shape index (κ3) is 4.59. The van der Waals surface area contributed by atoms with Gasteiger partial charge in [0.15, 0.2) is 0 Å². The highest BCUT2D eigenvalue weighted by molar-refractivity contribution is 9.10. The van der Waals surface area contributed by atoms with Crippen LogP contribution in [0.2, 0.25) is 0 Å². The number of nitrogens with one attached hydrogen (secondary N) is 2. The molecule has 22 heavy (non-hydrogen) atoms. The van der Waals surface area contributed by atoms with E-state index < -0.39 is 0 Å². The molecule has 0 atom stereocenters. The number of carbonyl (C=O) groups excluding carboxylic acids is 1. The molecule has 1 aromatic carbocycles. The molecule has 0 aliphatic heterocycles. The normalized spacial score (nSPS) is 10.5. The largest absolute Gasteiger partial charge is 0.466 e. The molecule has 4 nitrogen and oxygen atoms in total. The zero-order valence-electron chi connectivity index (χ0n) is 12.5. The summed E-state index contributed by atoms with van der Waals surface area (Å²) in [6, 6.07) is 6.38. The Morgan fingerprint density at radius 2 is 2.00 bits per heavy atom. The van der Waals surface area contributed by atoms with E-state index in [1.807, 2.05) is 19.9 Å². The van der Waals surface area contributed by atoms with Gasteiger partial charge in [-0.2, -0.15) is 0 Å². The lowest BCUT2D eigenvalue weighted by Gasteiger charge is -2.08. The molecule has 1 aromatic heterocycles. The molecule has 0 unspecified atom stereocenters. The molecule has 0 spiro atoms. The molecule has 118 valence electrons. The maximum Gasteiger partial charge on any atom is 0.315 e. The van der Waals surface area contributed by atoms with Crippen LogP contribution in [0.5, 0.6) is 0 Å². The first-order chi connectivity index (χ1) is 10.5. The number of benzene rings is 1. The molecule has 0 radical (unpaired) electrons. The van der Waals surface area contributed by atoms with E-state index in [0.717, 1.165) is 21.6 Å². The predicted octanol–water partition coefficient (Wildman–Crippen LogP) is 3.84. The van der Waals surface area contributed by atoms with Crippen LogP contribution in [0.15, 0.2) is 33.2 Å². The van der Waals surface area contributed by atoms with Crippen molar-refractivity contribution in [2.45, 2.75) is 26.8 Å². The van der Waals surface area contributed by atoms with Crippen LogP contribution in [0, 0.1) is 19.7 Å². The maximum atomic E-state index is 13.6. The van der Waals surface area contributed by atoms with E-state index in [2.05, 4.69) is 26.6 Å². The summed E-state index contributed by atoms with van der Waals surface area (Å²) < 4.78 is 19.8. The molecule has 0 aliphatic carbocycles. The van der Waals surface area contributed by atoms with Crippen LogP contribution >= 0.6 is 15.9 Å². The number of halogens is 2. The summed E-state index contributed by atoms with van der Waals surface area (Å²) in [6.07, 6.45) is 0.433. The Hall–Kier alpha value is -1.82. The van der Waals surface area contributed by atoms with Crippen LogP contribution in [0.3, 0.4) is 0 Å². The summed E-state index contributed by atoms with van der Waals surface area (Å²) >= 11 is 3.30. The van der Waals surface area contributed by atoms with Crippen molar-refractivity contribution in [2.24, 2.45) is 0 Å². The van der Waals surface area contributed by atoms with Crippen molar-refractivity contribution >= 4 is 22.0 Å². The van der Waals surface area contributed by atoms with E-state index in [-0.39, 0.29) is 11.8 Å². The van der Waals surface area contributed by atoms with E-state index >= 15 is 0 Å². The fourth-order valence-corrected chi connectivity index (χ4v) is 2.55. The number of hydrogen-bond acceptors (Lipinski definition) is 2. The Bertz CT molecular complexity index is 670. The molecule has 0 saturated heterocycles. The van der Waals surface area contributed by atoms with E-state index in [1.54, 1.807) is 12.1 Å². The number of hydrogen-bond donors (Lipinski definition) is 2. The fourth-order valence-electron chi connectivity index (χ4n) is 2.14. The van der Waals surface area contributed by atoms with E-state index in [1.165, 1.54) is 6.07 Å². The third-order valence-electron chi connectivity index (χ3n) is 3.27. The SMILES string of the molecule is Cc1cc(CNC(=O)NCCc2cc(Br)ccc2F)c(C)o1. The second-order valence-electron chi connectivity index (χ2n) is 5.03. The number of urea groups is 1. The van der Waals surface area contributed by atoms with Gasteiger partial charge in [-0.1, -0.05) is 15.9 Å². The highest BCUT2D eigenvalue weighted by Gasteiger charge is 2.07. The van der Waals surface area contributed by atoms with Gasteiger partial charge in [0, 0.05) is 23.1 Å². The molecule has 2 aromatic rings. The molecular formula is C16H18BrFN2O2. The lowest BCUT2D eigenvalue weighted by Crippen LogP contribution is -2.36. The minimum atomic E-state index is -0.284. The maximum absolute atomic E-state index is 13.6. The predicted molar refractivity (Wildman–Crippen MR) is 86.2 cm³/mol. The van der Waals surface area contributed by atoms with E-state index in [9.17, 15) is 9.18 Å². The molecule has 0 bridgehead atoms. The van der Waals surface area contributed by atoms with Gasteiger partial charge >= 0.3 is 6.03 Å². The lowest BCUT2D eigenvalue weighted by atomic mass is 10.1. The van der Waals surface area contributed by atoms with Crippen molar-refractivity contribution in [2.75, 3.05) is 6.54 Å². The number of carbonyl (C=O) groups is 1. The molecule has 6 heteroatoms. The first kappa shape index (κ1) is 16.5. The van der Waals surface area contributed by atoms with Gasteiger partial charge in [-0.25, -0.2) is 9.18 Å². The van der Waals surface area contributed by atoms with Gasteiger partial charge in [0.1, 0.15) is 17.3 Å². The quantitative estimate of drug-likeness (QED) is 0.842. The fraction of sp³-hybridized carbons (Fsp3) is 0.312. The second kappa shape index (κ2) is 7.45. The van der Waals surface area contributed by atoms with E-state index in [4.69, 9.17) is 4.42 Å². The Labute approximate surface area is 137 Å². The zero-order chi connectivity index (χ0) is 16.1. The number of rotatable bonds is 5. The number of amides is 2. The number of furan rings is 1. The summed E-state index contributed by atoms with van der Waals surface area (Å²) in [5.74, 6) is 1.35. The van der Waals surface area contributed by atoms with Crippen molar-refractivity contribution in [3.8, 4) is 0 Å². The highest BCUT2D eigenvalue weighted by Crippen LogP contribution is 2.15. The molecule has 2 rings (SSSR count). The van der Waals surface area contributed by atoms with Gasteiger partial charge in [-0.3, -0.25) is 0 Å². The highest BCUT2D eigenvalue weighted by atomic mass is 79.9. The first-order valence-corrected chi connectivity index (χ1v) is 7.76. The molecule has 0 aliphatic rings. The summed E-state index contributed by atoms with van der Waals surface area (Å²) in [4.78, 5) is 11.7. The van der Waals surface area contributed by atoms with Gasteiger partial charge in [0.25, 0.3) is 0 Å². The van der Waals surface area contributed by atoms with Crippen molar-refractivity contribution in [1.29, 1.82) is 0 Å². The standard InChI is InChI=1S/C16H18BrFN2O2/c1-10-7-13(11(2)22-10)9-20-16(21)19-6-5-12-8-14(17)3-4-15(12)18/h3-4,7-8H,5-6,9H2,1-2H3,(H2,19,20,21). The summed E-state index contributed by atoms with van der Waals surface area (Å²) in [6.45, 7) is 4.49. The molecule has 1 heterocycles. The molecule has 2 N–H and O–H groups in total. The average Bonchev–Trinajstić information content (AvgIpc) is 2.78. The van der Waals surface area contributed by atoms with Gasteiger partial charge in [-0.05, 0) is 50.1 Å². The van der Waals surface area contributed by atoms with Crippen LogP contribution in [-0.2, 0) is 13.0 Å². The molecular weight excluding hydrogens is 351 g/mol. The van der Waals surface area contributed by atoms with Gasteiger partial charge in [0.05, 0.1) is 0 Å². The van der Waals surface area contributed by atoms with Crippen molar-refractivity contribution < 1.29 is 13.6 Å². The lowest BCUT2D eigenvalue weighted by molar-refractivity contribution is 0.240. The van der Waals surface area contributed by atoms with Crippen molar-refractivity contribution in [3.05, 3.63) is 57.2 Å². The van der Waals surface area contributed by atoms with Crippen molar-refractivity contribution in [3.63, 3.8) is 0 Å². The summed E-state index contributed by atoms with van der Waals surface area (Å²) in [5, 5.41) is 5.46. The Morgan fingerprint density at radius 1 is 1.23 bits per heavy atom. The Balaban J connectivity index is 1.76.